The Kier molecular flexibility index (Phi) is 2.84. The van der Waals surface area contributed by atoms with Crippen molar-refractivity contribution in [2.75, 3.05) is 0 Å². The highest BCUT2D eigenvalue weighted by atomic mass is 32.1. The largest absolute Gasteiger partial charge is 0.380 e. The Morgan fingerprint density at radius 2 is 2.12 bits per heavy atom. The first-order valence-corrected chi connectivity index (χ1v) is 3.38. The van der Waals surface area contributed by atoms with E-state index < -0.39 is 4.93 Å². The summed E-state index contributed by atoms with van der Waals surface area (Å²) in [6, 6.07) is 0. The van der Waals surface area contributed by atoms with Crippen molar-refractivity contribution in [1.82, 2.24) is 0 Å². The third-order valence-corrected chi connectivity index (χ3v) is 1.99. The van der Waals surface area contributed by atoms with Gasteiger partial charge in [-0.15, -0.1) is 12.6 Å². The lowest BCUT2D eigenvalue weighted by atomic mass is 10.0. The highest BCUT2D eigenvalue weighted by molar-refractivity contribution is 7.81. The van der Waals surface area contributed by atoms with Gasteiger partial charge in [0.1, 0.15) is 4.93 Å². The number of hydrogen-bond acceptors (Lipinski definition) is 2. The van der Waals surface area contributed by atoms with Crippen molar-refractivity contribution >= 4 is 12.6 Å². The van der Waals surface area contributed by atoms with E-state index in [0.29, 0.717) is 0 Å². The molecule has 0 amide bonds. The van der Waals surface area contributed by atoms with Gasteiger partial charge in [0.15, 0.2) is 0 Å². The maximum absolute atomic E-state index is 9.15. The van der Waals surface area contributed by atoms with Gasteiger partial charge in [0, 0.05) is 0 Å². The predicted molar refractivity (Wildman–Crippen MR) is 39.1 cm³/mol. The molecule has 0 aromatic heterocycles. The molecule has 0 saturated carbocycles. The van der Waals surface area contributed by atoms with Crippen LogP contribution in [0.2, 0.25) is 0 Å². The molecule has 2 unspecified atom stereocenters. The van der Waals surface area contributed by atoms with Crippen LogP contribution < -0.4 is 0 Å². The van der Waals surface area contributed by atoms with Crippen LogP contribution in [-0.4, -0.2) is 10.0 Å². The van der Waals surface area contributed by atoms with Gasteiger partial charge in [-0.25, -0.2) is 0 Å². The summed E-state index contributed by atoms with van der Waals surface area (Å²) < 4.78 is 0. The minimum Gasteiger partial charge on any atom is -0.380 e. The molecule has 0 aromatic carbocycles. The summed E-state index contributed by atoms with van der Waals surface area (Å²) in [4.78, 5) is -0.797. The zero-order valence-electron chi connectivity index (χ0n) is 5.68. The van der Waals surface area contributed by atoms with Gasteiger partial charge >= 0.3 is 0 Å². The summed E-state index contributed by atoms with van der Waals surface area (Å²) in [5, 5.41) is 9.15. The summed E-state index contributed by atoms with van der Waals surface area (Å²) in [6.07, 6.45) is 0.969. The molecule has 0 spiro atoms. The fourth-order valence-electron chi connectivity index (χ4n) is 0.387. The van der Waals surface area contributed by atoms with Crippen LogP contribution >= 0.6 is 12.6 Å². The van der Waals surface area contributed by atoms with E-state index in [2.05, 4.69) is 12.6 Å². The quantitative estimate of drug-likeness (QED) is 0.435. The van der Waals surface area contributed by atoms with Crippen molar-refractivity contribution < 1.29 is 5.11 Å². The molecular formula is C6H14OS. The Labute approximate surface area is 56.5 Å². The molecule has 0 aliphatic heterocycles. The molecule has 50 valence electrons. The van der Waals surface area contributed by atoms with Gasteiger partial charge in [-0.3, -0.25) is 0 Å². The molecule has 0 aliphatic carbocycles. The molecular weight excluding hydrogens is 120 g/mol. The van der Waals surface area contributed by atoms with E-state index in [1.54, 1.807) is 6.92 Å². The lowest BCUT2D eigenvalue weighted by Crippen LogP contribution is -2.24. The summed E-state index contributed by atoms with van der Waals surface area (Å²) in [7, 11) is 0. The molecule has 0 fully saturated rings. The number of rotatable bonds is 2. The molecule has 0 heterocycles. The molecule has 8 heavy (non-hydrogen) atoms. The lowest BCUT2D eigenvalue weighted by molar-refractivity contribution is 0.0990. The van der Waals surface area contributed by atoms with Crippen molar-refractivity contribution in [3.05, 3.63) is 0 Å². The molecule has 1 N–H and O–H groups in total. The minimum absolute atomic E-state index is 0.269. The highest BCUT2D eigenvalue weighted by Crippen LogP contribution is 2.22. The van der Waals surface area contributed by atoms with Gasteiger partial charge in [0.25, 0.3) is 0 Å². The summed E-state index contributed by atoms with van der Waals surface area (Å²) in [5.74, 6) is 0.269. The van der Waals surface area contributed by atoms with Gasteiger partial charge in [-0.1, -0.05) is 20.3 Å². The van der Waals surface area contributed by atoms with Crippen LogP contribution in [0, 0.1) is 5.92 Å². The number of thiol groups is 1. The molecule has 0 bridgehead atoms. The average Bonchev–Trinajstić information content (AvgIpc) is 1.62. The second-order valence-electron chi connectivity index (χ2n) is 2.40. The number of aliphatic hydroxyl groups is 1. The molecule has 0 aliphatic rings. The Morgan fingerprint density at radius 1 is 1.75 bits per heavy atom. The maximum atomic E-state index is 9.15. The van der Waals surface area contributed by atoms with Crippen LogP contribution in [0.4, 0.5) is 0 Å². The molecule has 0 aromatic rings. The Morgan fingerprint density at radius 3 is 2.12 bits per heavy atom. The minimum atomic E-state index is -0.797. The molecule has 1 nitrogen and oxygen atoms in total. The average molecular weight is 134 g/mol. The van der Waals surface area contributed by atoms with Crippen LogP contribution in [0.15, 0.2) is 0 Å². The SMILES string of the molecule is CCC(C)C(C)(O)S. The van der Waals surface area contributed by atoms with E-state index in [4.69, 9.17) is 5.11 Å². The van der Waals surface area contributed by atoms with Gasteiger partial charge in [-0.2, -0.15) is 0 Å². The first-order valence-electron chi connectivity index (χ1n) is 2.93. The highest BCUT2D eigenvalue weighted by Gasteiger charge is 2.20. The van der Waals surface area contributed by atoms with Gasteiger partial charge in [-0.05, 0) is 12.8 Å². The van der Waals surface area contributed by atoms with E-state index >= 15 is 0 Å². The molecule has 2 heteroatoms. The monoisotopic (exact) mass is 134 g/mol. The van der Waals surface area contributed by atoms with Crippen LogP contribution in [-0.2, 0) is 0 Å². The molecule has 2 atom stereocenters. The van der Waals surface area contributed by atoms with Crippen molar-refractivity contribution in [2.45, 2.75) is 32.1 Å². The van der Waals surface area contributed by atoms with Crippen molar-refractivity contribution in [3.63, 3.8) is 0 Å². The predicted octanol–water partition coefficient (Wildman–Crippen LogP) is 1.67. The smallest absolute Gasteiger partial charge is 0.107 e. The summed E-state index contributed by atoms with van der Waals surface area (Å²) >= 11 is 3.99. The number of hydrogen-bond donors (Lipinski definition) is 2. The second kappa shape index (κ2) is 2.74. The zero-order valence-corrected chi connectivity index (χ0v) is 6.57. The standard InChI is InChI=1S/C6H14OS/c1-4-5(2)6(3,7)8/h5,7-8H,4H2,1-3H3. The maximum Gasteiger partial charge on any atom is 0.107 e. The Bertz CT molecular complexity index is 65.4. The third kappa shape index (κ3) is 2.58. The fraction of sp³-hybridized carbons (Fsp3) is 1.00. The van der Waals surface area contributed by atoms with Crippen molar-refractivity contribution in [3.8, 4) is 0 Å². The van der Waals surface area contributed by atoms with Crippen LogP contribution in [0.5, 0.6) is 0 Å². The first kappa shape index (κ1) is 8.31. The van der Waals surface area contributed by atoms with Gasteiger partial charge < -0.3 is 5.11 Å². The van der Waals surface area contributed by atoms with Crippen LogP contribution in [0.1, 0.15) is 27.2 Å². The van der Waals surface area contributed by atoms with Crippen molar-refractivity contribution in [2.24, 2.45) is 5.92 Å². The summed E-state index contributed by atoms with van der Waals surface area (Å²) in [5.41, 5.74) is 0. The van der Waals surface area contributed by atoms with E-state index in [9.17, 15) is 0 Å². The van der Waals surface area contributed by atoms with E-state index in [0.717, 1.165) is 6.42 Å². The summed E-state index contributed by atoms with van der Waals surface area (Å²) in [6.45, 7) is 5.73. The van der Waals surface area contributed by atoms with Crippen LogP contribution in [0.3, 0.4) is 0 Å². The van der Waals surface area contributed by atoms with Crippen LogP contribution in [0.25, 0.3) is 0 Å². The molecule has 0 saturated heterocycles. The topological polar surface area (TPSA) is 20.2 Å². The van der Waals surface area contributed by atoms with E-state index in [1.165, 1.54) is 0 Å². The molecule has 0 radical (unpaired) electrons. The lowest BCUT2D eigenvalue weighted by Gasteiger charge is -2.22. The zero-order chi connectivity index (χ0) is 6.78. The Hall–Kier alpha value is 0.310. The second-order valence-corrected chi connectivity index (χ2v) is 3.31. The normalized spacial score (nSPS) is 22.1. The first-order chi connectivity index (χ1) is 3.48. The third-order valence-electron chi connectivity index (χ3n) is 1.55. The van der Waals surface area contributed by atoms with Gasteiger partial charge in [0.05, 0.1) is 0 Å². The fourth-order valence-corrected chi connectivity index (χ4v) is 0.569. The Balaban J connectivity index is 3.62. The van der Waals surface area contributed by atoms with Crippen molar-refractivity contribution in [1.29, 1.82) is 0 Å². The van der Waals surface area contributed by atoms with E-state index in [1.807, 2.05) is 13.8 Å². The van der Waals surface area contributed by atoms with Gasteiger partial charge in [0.2, 0.25) is 0 Å². The molecule has 0 rings (SSSR count). The van der Waals surface area contributed by atoms with E-state index in [-0.39, 0.29) is 5.92 Å².